The fourth-order valence-electron chi connectivity index (χ4n) is 4.02. The topological polar surface area (TPSA) is 44.8 Å². The molecule has 27 heavy (non-hydrogen) atoms. The number of amides is 1. The van der Waals surface area contributed by atoms with E-state index in [0.717, 1.165) is 44.9 Å². The van der Waals surface area contributed by atoms with Crippen molar-refractivity contribution in [3.8, 4) is 5.75 Å². The maximum atomic E-state index is 11.6. The summed E-state index contributed by atoms with van der Waals surface area (Å²) >= 11 is 0. The average Bonchev–Trinajstić information content (AvgIpc) is 2.69. The summed E-state index contributed by atoms with van der Waals surface area (Å²) in [6, 6.07) is 15.3. The number of rotatable bonds is 5. The molecule has 0 spiro atoms. The lowest BCUT2D eigenvalue weighted by Crippen LogP contribution is -2.52. The fraction of sp³-hybridized carbons (Fsp3) is 0.409. The molecule has 1 amide bonds. The van der Waals surface area contributed by atoms with Gasteiger partial charge in [-0.15, -0.1) is 0 Å². The van der Waals surface area contributed by atoms with E-state index in [0.29, 0.717) is 0 Å². The van der Waals surface area contributed by atoms with Gasteiger partial charge in [-0.25, -0.2) is 0 Å². The average molecular weight is 365 g/mol. The summed E-state index contributed by atoms with van der Waals surface area (Å²) in [7, 11) is 3.43. The maximum Gasteiger partial charge on any atom is 0.225 e. The smallest absolute Gasteiger partial charge is 0.225 e. The van der Waals surface area contributed by atoms with E-state index in [-0.39, 0.29) is 11.8 Å². The first-order chi connectivity index (χ1) is 13.2. The highest BCUT2D eigenvalue weighted by Gasteiger charge is 2.31. The quantitative estimate of drug-likeness (QED) is 0.884. The third-order valence-electron chi connectivity index (χ3n) is 5.71. The number of carbonyl (C=O) groups is 1. The Morgan fingerprint density at radius 2 is 1.93 bits per heavy atom. The van der Waals surface area contributed by atoms with E-state index in [1.807, 2.05) is 6.07 Å². The van der Waals surface area contributed by atoms with Crippen molar-refractivity contribution in [2.24, 2.45) is 5.92 Å². The van der Waals surface area contributed by atoms with Crippen LogP contribution in [-0.4, -0.2) is 44.6 Å². The largest absolute Gasteiger partial charge is 0.497 e. The number of methoxy groups -OCH3 is 1. The molecule has 1 fully saturated rings. The molecule has 2 heterocycles. The number of nitrogens with zero attached hydrogens (tertiary/aromatic N) is 2. The van der Waals surface area contributed by atoms with Crippen LogP contribution in [0.15, 0.2) is 42.5 Å². The zero-order valence-corrected chi connectivity index (χ0v) is 16.1. The summed E-state index contributed by atoms with van der Waals surface area (Å²) in [5.74, 6) is 1.25. The second-order valence-electron chi connectivity index (χ2n) is 7.48. The van der Waals surface area contributed by atoms with Gasteiger partial charge in [0.05, 0.1) is 13.0 Å². The highest BCUT2D eigenvalue weighted by molar-refractivity contribution is 5.79. The minimum atomic E-state index is 0.154. The molecule has 0 atom stereocenters. The molecule has 0 radical (unpaired) electrons. The van der Waals surface area contributed by atoms with E-state index in [4.69, 9.17) is 4.74 Å². The highest BCUT2D eigenvalue weighted by atomic mass is 16.5. The van der Waals surface area contributed by atoms with Gasteiger partial charge in [0.25, 0.3) is 0 Å². The molecular weight excluding hydrogens is 338 g/mol. The monoisotopic (exact) mass is 365 g/mol. The predicted molar refractivity (Wildman–Crippen MR) is 107 cm³/mol. The van der Waals surface area contributed by atoms with E-state index >= 15 is 0 Å². The molecule has 1 N–H and O–H groups in total. The SMILES string of the molecule is CNC(=O)C1CN(Cc2ccc(N3CCc4cc(OC)ccc4C3)cc2)C1. The van der Waals surface area contributed by atoms with Crippen LogP contribution >= 0.6 is 0 Å². The Bertz CT molecular complexity index is 813. The van der Waals surface area contributed by atoms with E-state index in [9.17, 15) is 4.79 Å². The summed E-state index contributed by atoms with van der Waals surface area (Å²) < 4.78 is 5.34. The zero-order chi connectivity index (χ0) is 18.8. The van der Waals surface area contributed by atoms with Crippen molar-refractivity contribution in [1.82, 2.24) is 10.2 Å². The van der Waals surface area contributed by atoms with Gasteiger partial charge in [-0.3, -0.25) is 9.69 Å². The van der Waals surface area contributed by atoms with Crippen molar-refractivity contribution in [1.29, 1.82) is 0 Å². The molecule has 5 heteroatoms. The lowest BCUT2D eigenvalue weighted by Gasteiger charge is -2.38. The van der Waals surface area contributed by atoms with Crippen LogP contribution in [0.25, 0.3) is 0 Å². The molecule has 5 nitrogen and oxygen atoms in total. The lowest BCUT2D eigenvalue weighted by molar-refractivity contribution is -0.129. The normalized spacial score (nSPS) is 17.2. The van der Waals surface area contributed by atoms with Gasteiger partial charge in [-0.1, -0.05) is 18.2 Å². The fourth-order valence-corrected chi connectivity index (χ4v) is 4.02. The Morgan fingerprint density at radius 3 is 2.63 bits per heavy atom. The highest BCUT2D eigenvalue weighted by Crippen LogP contribution is 2.28. The molecule has 2 aliphatic heterocycles. The van der Waals surface area contributed by atoms with Gasteiger partial charge in [-0.05, 0) is 47.4 Å². The van der Waals surface area contributed by atoms with Crippen molar-refractivity contribution >= 4 is 11.6 Å². The van der Waals surface area contributed by atoms with E-state index in [2.05, 4.69) is 51.5 Å². The standard InChI is InChI=1S/C22H27N3O2/c1-23-22(26)19-13-24(14-19)12-16-3-6-20(7-4-16)25-10-9-17-11-21(27-2)8-5-18(17)15-25/h3-8,11,19H,9-10,12-15H2,1-2H3,(H,23,26). The first-order valence-electron chi connectivity index (χ1n) is 9.60. The van der Waals surface area contributed by atoms with E-state index < -0.39 is 0 Å². The molecule has 2 aromatic carbocycles. The van der Waals surface area contributed by atoms with E-state index in [1.165, 1.54) is 22.4 Å². The van der Waals surface area contributed by atoms with Gasteiger partial charge in [0, 0.05) is 45.5 Å². The van der Waals surface area contributed by atoms with Crippen LogP contribution in [-0.2, 0) is 24.3 Å². The van der Waals surface area contributed by atoms with Gasteiger partial charge in [-0.2, -0.15) is 0 Å². The molecule has 2 aromatic rings. The van der Waals surface area contributed by atoms with Crippen molar-refractivity contribution in [3.63, 3.8) is 0 Å². The number of hydrogen-bond donors (Lipinski definition) is 1. The second kappa shape index (κ2) is 7.61. The van der Waals surface area contributed by atoms with Crippen molar-refractivity contribution in [2.45, 2.75) is 19.5 Å². The Labute approximate surface area is 160 Å². The van der Waals surface area contributed by atoms with Gasteiger partial charge >= 0.3 is 0 Å². The Balaban J connectivity index is 1.35. The summed E-state index contributed by atoms with van der Waals surface area (Å²) in [6.07, 6.45) is 1.04. The summed E-state index contributed by atoms with van der Waals surface area (Å²) in [5.41, 5.74) is 5.35. The molecule has 2 aliphatic rings. The second-order valence-corrected chi connectivity index (χ2v) is 7.48. The Morgan fingerprint density at radius 1 is 1.15 bits per heavy atom. The molecule has 0 unspecified atom stereocenters. The first kappa shape index (κ1) is 17.9. The Kier molecular flexibility index (Phi) is 5.03. The number of fused-ring (bicyclic) bond motifs is 1. The van der Waals surface area contributed by atoms with Gasteiger partial charge < -0.3 is 15.0 Å². The number of carbonyl (C=O) groups excluding carboxylic acids is 1. The Hall–Kier alpha value is -2.53. The molecular formula is C22H27N3O2. The van der Waals surface area contributed by atoms with Gasteiger partial charge in [0.2, 0.25) is 5.91 Å². The van der Waals surface area contributed by atoms with Crippen LogP contribution in [0.2, 0.25) is 0 Å². The predicted octanol–water partition coefficient (Wildman–Crippen LogP) is 2.44. The van der Waals surface area contributed by atoms with Gasteiger partial charge in [0.1, 0.15) is 5.75 Å². The van der Waals surface area contributed by atoms with Crippen molar-refractivity contribution in [2.75, 3.05) is 38.7 Å². The van der Waals surface area contributed by atoms with Crippen LogP contribution in [0, 0.1) is 5.92 Å². The van der Waals surface area contributed by atoms with Gasteiger partial charge in [0.15, 0.2) is 0 Å². The molecule has 4 rings (SSSR count). The number of nitrogens with one attached hydrogen (secondary N) is 1. The summed E-state index contributed by atoms with van der Waals surface area (Å²) in [6.45, 7) is 4.59. The van der Waals surface area contributed by atoms with Crippen LogP contribution in [0.5, 0.6) is 5.75 Å². The third-order valence-corrected chi connectivity index (χ3v) is 5.71. The minimum absolute atomic E-state index is 0.154. The number of benzene rings is 2. The van der Waals surface area contributed by atoms with E-state index in [1.54, 1.807) is 14.2 Å². The molecule has 0 aromatic heterocycles. The molecule has 142 valence electrons. The lowest BCUT2D eigenvalue weighted by atomic mass is 9.98. The van der Waals surface area contributed by atoms with Crippen LogP contribution in [0.4, 0.5) is 5.69 Å². The molecule has 1 saturated heterocycles. The van der Waals surface area contributed by atoms with Crippen molar-refractivity contribution in [3.05, 3.63) is 59.2 Å². The zero-order valence-electron chi connectivity index (χ0n) is 16.1. The summed E-state index contributed by atoms with van der Waals surface area (Å²) in [4.78, 5) is 16.3. The van der Waals surface area contributed by atoms with Crippen molar-refractivity contribution < 1.29 is 9.53 Å². The maximum absolute atomic E-state index is 11.6. The number of anilines is 1. The van der Waals surface area contributed by atoms with Crippen LogP contribution in [0.3, 0.4) is 0 Å². The first-order valence-corrected chi connectivity index (χ1v) is 9.60. The minimum Gasteiger partial charge on any atom is -0.497 e. The van der Waals surface area contributed by atoms with Crippen LogP contribution < -0.4 is 15.0 Å². The number of ether oxygens (including phenoxy) is 1. The third kappa shape index (κ3) is 3.78. The molecule has 0 saturated carbocycles. The summed E-state index contributed by atoms with van der Waals surface area (Å²) in [5, 5.41) is 2.73. The number of hydrogen-bond acceptors (Lipinski definition) is 4. The van der Waals surface area contributed by atoms with Crippen LogP contribution in [0.1, 0.15) is 16.7 Å². The number of likely N-dealkylation sites (tertiary alicyclic amines) is 1. The molecule has 0 aliphatic carbocycles. The molecule has 0 bridgehead atoms.